The number of phenols is 1. The van der Waals surface area contributed by atoms with Gasteiger partial charge in [0.2, 0.25) is 0 Å². The quantitative estimate of drug-likeness (QED) is 0.260. The summed E-state index contributed by atoms with van der Waals surface area (Å²) in [5.74, 6) is 0.894. The molecule has 0 aliphatic carbocycles. The molecular weight excluding hydrogens is 387 g/mol. The van der Waals surface area contributed by atoms with Crippen LogP contribution in [0.1, 0.15) is 84.6 Å². The predicted molar refractivity (Wildman–Crippen MR) is 119 cm³/mol. The van der Waals surface area contributed by atoms with Gasteiger partial charge >= 0.3 is 7.82 Å². The summed E-state index contributed by atoms with van der Waals surface area (Å²) < 4.78 is 30.6. The Balaban J connectivity index is 2.73. The summed E-state index contributed by atoms with van der Waals surface area (Å²) in [5, 5.41) is 9.43. The van der Waals surface area contributed by atoms with Crippen LogP contribution in [-0.4, -0.2) is 18.3 Å². The van der Waals surface area contributed by atoms with Crippen LogP contribution >= 0.6 is 7.82 Å². The van der Waals surface area contributed by atoms with Gasteiger partial charge in [0.05, 0.1) is 19.8 Å². The minimum absolute atomic E-state index is 0.120. The van der Waals surface area contributed by atoms with Crippen LogP contribution in [0.2, 0.25) is 0 Å². The molecular formula is C23H41O5P. The lowest BCUT2D eigenvalue weighted by molar-refractivity contribution is 0.0802. The molecule has 5 nitrogen and oxygen atoms in total. The third-order valence-electron chi connectivity index (χ3n) is 5.35. The van der Waals surface area contributed by atoms with E-state index in [4.69, 9.17) is 13.6 Å². The molecule has 1 N–H and O–H groups in total. The number of hydrogen-bond acceptors (Lipinski definition) is 5. The molecule has 0 saturated heterocycles. The molecule has 1 aromatic carbocycles. The number of phenolic OH excluding ortho intramolecular Hbond substituents is 1. The largest absolute Gasteiger partial charge is 0.508 e. The Morgan fingerprint density at radius 3 is 1.72 bits per heavy atom. The van der Waals surface area contributed by atoms with Crippen molar-refractivity contribution < 1.29 is 23.2 Å². The van der Waals surface area contributed by atoms with E-state index in [0.29, 0.717) is 25.0 Å². The van der Waals surface area contributed by atoms with Gasteiger partial charge < -0.3 is 5.11 Å². The minimum atomic E-state index is -3.66. The normalized spacial score (nSPS) is 15.7. The lowest BCUT2D eigenvalue weighted by Crippen LogP contribution is -2.13. The van der Waals surface area contributed by atoms with Crippen molar-refractivity contribution in [1.82, 2.24) is 0 Å². The number of phosphoric ester groups is 1. The van der Waals surface area contributed by atoms with Crippen LogP contribution in [0, 0.1) is 11.8 Å². The van der Waals surface area contributed by atoms with E-state index >= 15 is 0 Å². The van der Waals surface area contributed by atoms with Gasteiger partial charge in [0.1, 0.15) is 5.75 Å². The van der Waals surface area contributed by atoms with Gasteiger partial charge in [-0.1, -0.05) is 78.4 Å². The summed E-state index contributed by atoms with van der Waals surface area (Å²) in [6.45, 7) is 9.49. The van der Waals surface area contributed by atoms with E-state index in [2.05, 4.69) is 27.7 Å². The van der Waals surface area contributed by atoms with Gasteiger partial charge in [0.15, 0.2) is 0 Å². The van der Waals surface area contributed by atoms with Gasteiger partial charge in [-0.05, 0) is 42.4 Å². The minimum Gasteiger partial charge on any atom is -0.508 e. The van der Waals surface area contributed by atoms with Crippen molar-refractivity contribution in [2.45, 2.75) is 85.7 Å². The third-order valence-corrected chi connectivity index (χ3v) is 6.72. The van der Waals surface area contributed by atoms with Gasteiger partial charge in [0, 0.05) is 0 Å². The highest BCUT2D eigenvalue weighted by Crippen LogP contribution is 2.51. The van der Waals surface area contributed by atoms with E-state index in [1.54, 1.807) is 24.3 Å². The topological polar surface area (TPSA) is 65.0 Å². The molecule has 0 bridgehead atoms. The highest BCUT2D eigenvalue weighted by Gasteiger charge is 2.29. The zero-order valence-corrected chi connectivity index (χ0v) is 19.7. The van der Waals surface area contributed by atoms with Crippen LogP contribution in [0.5, 0.6) is 5.75 Å². The standard InChI is InChI=1S/C23H41O5P/c1-5-9-11-20(7-3)17-26-29(25,27-18-21(8-4)12-10-6-2)28-19-22-13-15-23(24)16-14-22/h13-16,20-21,24H,5-12,17-19H2,1-4H3. The molecule has 29 heavy (non-hydrogen) atoms. The van der Waals surface area contributed by atoms with E-state index in [0.717, 1.165) is 56.9 Å². The van der Waals surface area contributed by atoms with Gasteiger partial charge in [-0.2, -0.15) is 0 Å². The van der Waals surface area contributed by atoms with Crippen molar-refractivity contribution in [2.24, 2.45) is 11.8 Å². The number of phosphoric acid groups is 1. The summed E-state index contributed by atoms with van der Waals surface area (Å²) in [4.78, 5) is 0. The number of aromatic hydroxyl groups is 1. The molecule has 0 amide bonds. The summed E-state index contributed by atoms with van der Waals surface area (Å²) in [6.07, 6.45) is 8.61. The highest BCUT2D eigenvalue weighted by atomic mass is 31.2. The highest BCUT2D eigenvalue weighted by molar-refractivity contribution is 7.48. The van der Waals surface area contributed by atoms with Crippen LogP contribution in [0.15, 0.2) is 24.3 Å². The second-order valence-corrected chi connectivity index (χ2v) is 9.48. The Bertz CT molecular complexity index is 551. The van der Waals surface area contributed by atoms with Gasteiger partial charge in [0.25, 0.3) is 0 Å². The number of benzene rings is 1. The number of rotatable bonds is 17. The Morgan fingerprint density at radius 2 is 1.31 bits per heavy atom. The van der Waals surface area contributed by atoms with Crippen molar-refractivity contribution in [3.8, 4) is 5.75 Å². The number of hydrogen-bond donors (Lipinski definition) is 1. The fraction of sp³-hybridized carbons (Fsp3) is 0.739. The average molecular weight is 429 g/mol. The monoisotopic (exact) mass is 428 g/mol. The fourth-order valence-corrected chi connectivity index (χ4v) is 4.36. The molecule has 0 aliphatic rings. The molecule has 0 fully saturated rings. The Hall–Kier alpha value is -0.870. The van der Waals surface area contributed by atoms with Crippen LogP contribution in [0.3, 0.4) is 0 Å². The molecule has 1 rings (SSSR count). The summed E-state index contributed by atoms with van der Waals surface area (Å²) in [7, 11) is -3.66. The first-order valence-electron chi connectivity index (χ1n) is 11.3. The van der Waals surface area contributed by atoms with Crippen molar-refractivity contribution in [2.75, 3.05) is 13.2 Å². The molecule has 2 atom stereocenters. The van der Waals surface area contributed by atoms with E-state index in [9.17, 15) is 9.67 Å². The van der Waals surface area contributed by atoms with Gasteiger partial charge in [-0.3, -0.25) is 13.6 Å². The summed E-state index contributed by atoms with van der Waals surface area (Å²) >= 11 is 0. The molecule has 0 aliphatic heterocycles. The SMILES string of the molecule is CCCCC(CC)COP(=O)(OCc1ccc(O)cc1)OCC(CC)CCCC. The third kappa shape index (κ3) is 11.2. The molecule has 0 saturated carbocycles. The van der Waals surface area contributed by atoms with E-state index in [-0.39, 0.29) is 12.4 Å². The van der Waals surface area contributed by atoms with Crippen molar-refractivity contribution >= 4 is 7.82 Å². The van der Waals surface area contributed by atoms with Crippen LogP contribution in [0.25, 0.3) is 0 Å². The van der Waals surface area contributed by atoms with Gasteiger partial charge in [-0.15, -0.1) is 0 Å². The molecule has 0 aromatic heterocycles. The summed E-state index contributed by atoms with van der Waals surface area (Å²) in [6, 6.07) is 6.65. The molecule has 168 valence electrons. The van der Waals surface area contributed by atoms with Crippen molar-refractivity contribution in [3.63, 3.8) is 0 Å². The van der Waals surface area contributed by atoms with Crippen LogP contribution in [0.4, 0.5) is 0 Å². The van der Waals surface area contributed by atoms with E-state index in [1.165, 1.54) is 0 Å². The maximum atomic E-state index is 13.3. The zero-order valence-electron chi connectivity index (χ0n) is 18.8. The van der Waals surface area contributed by atoms with Crippen LogP contribution < -0.4 is 0 Å². The molecule has 6 heteroatoms. The molecule has 0 spiro atoms. The molecule has 2 unspecified atom stereocenters. The Kier molecular flexibility index (Phi) is 13.5. The fourth-order valence-electron chi connectivity index (χ4n) is 3.05. The van der Waals surface area contributed by atoms with Gasteiger partial charge in [-0.25, -0.2) is 4.57 Å². The second kappa shape index (κ2) is 15.0. The van der Waals surface area contributed by atoms with E-state index in [1.807, 2.05) is 0 Å². The lowest BCUT2D eigenvalue weighted by atomic mass is 10.0. The Labute approximate surface area is 177 Å². The van der Waals surface area contributed by atoms with Crippen LogP contribution in [-0.2, 0) is 24.7 Å². The average Bonchev–Trinajstić information content (AvgIpc) is 2.74. The first kappa shape index (κ1) is 26.2. The predicted octanol–water partition coefficient (Wildman–Crippen LogP) is 7.48. The molecule has 0 heterocycles. The molecule has 1 aromatic rings. The number of unbranched alkanes of at least 4 members (excludes halogenated alkanes) is 2. The Morgan fingerprint density at radius 1 is 0.828 bits per heavy atom. The van der Waals surface area contributed by atoms with Crippen molar-refractivity contribution in [1.29, 1.82) is 0 Å². The second-order valence-electron chi connectivity index (χ2n) is 7.81. The summed E-state index contributed by atoms with van der Waals surface area (Å²) in [5.41, 5.74) is 0.811. The first-order valence-corrected chi connectivity index (χ1v) is 12.7. The molecule has 0 radical (unpaired) electrons. The zero-order chi connectivity index (χ0) is 21.5. The van der Waals surface area contributed by atoms with E-state index < -0.39 is 7.82 Å². The lowest BCUT2D eigenvalue weighted by Gasteiger charge is -2.23. The smallest absolute Gasteiger partial charge is 0.475 e. The van der Waals surface area contributed by atoms with Crippen molar-refractivity contribution in [3.05, 3.63) is 29.8 Å². The maximum absolute atomic E-state index is 13.3. The maximum Gasteiger partial charge on any atom is 0.475 e. The first-order chi connectivity index (χ1) is 14.0.